The molecule has 3 fully saturated rings. The highest BCUT2D eigenvalue weighted by Gasteiger charge is 2.34. The zero-order chi connectivity index (χ0) is 12.5. The molecule has 0 saturated carbocycles. The molecule has 4 heterocycles. The van der Waals surface area contributed by atoms with Gasteiger partial charge in [0.05, 0.1) is 13.3 Å². The first-order valence-corrected chi connectivity index (χ1v) is 6.69. The van der Waals surface area contributed by atoms with Crippen LogP contribution in [0.25, 0.3) is 0 Å². The predicted molar refractivity (Wildman–Crippen MR) is 70.2 cm³/mol. The van der Waals surface area contributed by atoms with Crippen LogP contribution in [-0.4, -0.2) is 47.7 Å². The minimum absolute atomic E-state index is 0.350. The average molecular weight is 269 g/mol. The molecule has 0 aromatic carbocycles. The van der Waals surface area contributed by atoms with E-state index in [0.717, 1.165) is 12.5 Å². The molecule has 3 saturated heterocycles. The summed E-state index contributed by atoms with van der Waals surface area (Å²) in [4.78, 5) is 10.7. The van der Waals surface area contributed by atoms with Crippen molar-refractivity contribution in [3.05, 3.63) is 11.2 Å². The Morgan fingerprint density at radius 3 is 2.83 bits per heavy atom. The summed E-state index contributed by atoms with van der Waals surface area (Å²) in [5, 5.41) is 4.00. The molecule has 4 rings (SSSR count). The van der Waals surface area contributed by atoms with Gasteiger partial charge in [0, 0.05) is 12.6 Å². The fourth-order valence-corrected chi connectivity index (χ4v) is 3.00. The van der Waals surface area contributed by atoms with E-state index in [1.54, 1.807) is 13.3 Å². The molecule has 3 aliphatic heterocycles. The molecule has 0 aliphatic carbocycles. The van der Waals surface area contributed by atoms with Crippen LogP contribution in [0.2, 0.25) is 5.02 Å². The first kappa shape index (κ1) is 12.0. The van der Waals surface area contributed by atoms with Crippen molar-refractivity contribution in [2.24, 2.45) is 5.92 Å². The number of fused-ring (bicyclic) bond motifs is 3. The zero-order valence-corrected chi connectivity index (χ0v) is 11.2. The number of nitrogens with one attached hydrogen (secondary N) is 1. The van der Waals surface area contributed by atoms with Crippen LogP contribution in [-0.2, 0) is 0 Å². The first-order valence-electron chi connectivity index (χ1n) is 6.31. The van der Waals surface area contributed by atoms with Gasteiger partial charge in [-0.25, -0.2) is 4.98 Å². The lowest BCUT2D eigenvalue weighted by molar-refractivity contribution is 0.0973. The monoisotopic (exact) mass is 268 g/mol. The van der Waals surface area contributed by atoms with Gasteiger partial charge in [0.15, 0.2) is 5.82 Å². The Labute approximate surface area is 112 Å². The maximum absolute atomic E-state index is 6.12. The van der Waals surface area contributed by atoms with Crippen molar-refractivity contribution in [3.63, 3.8) is 0 Å². The SMILES string of the molecule is COc1ncc(Cl)c(NC2CN3CCC2CC3)n1. The van der Waals surface area contributed by atoms with Crippen molar-refractivity contribution in [2.75, 3.05) is 32.1 Å². The molecular formula is C12H17ClN4O. The van der Waals surface area contributed by atoms with E-state index < -0.39 is 0 Å². The maximum atomic E-state index is 6.12. The second-order valence-electron chi connectivity index (χ2n) is 4.94. The molecule has 1 atom stereocenters. The van der Waals surface area contributed by atoms with Crippen LogP contribution in [0.3, 0.4) is 0 Å². The number of anilines is 1. The van der Waals surface area contributed by atoms with Crippen LogP contribution < -0.4 is 10.1 Å². The van der Waals surface area contributed by atoms with Crippen LogP contribution in [0, 0.1) is 5.92 Å². The lowest BCUT2D eigenvalue weighted by Gasteiger charge is -2.45. The molecule has 0 spiro atoms. The van der Waals surface area contributed by atoms with Gasteiger partial charge in [-0.3, -0.25) is 0 Å². The summed E-state index contributed by atoms with van der Waals surface area (Å²) >= 11 is 6.12. The number of nitrogens with zero attached hydrogens (tertiary/aromatic N) is 3. The van der Waals surface area contributed by atoms with E-state index in [9.17, 15) is 0 Å². The van der Waals surface area contributed by atoms with Crippen molar-refractivity contribution in [3.8, 4) is 6.01 Å². The van der Waals surface area contributed by atoms with Crippen LogP contribution in [0.5, 0.6) is 6.01 Å². The summed E-state index contributed by atoms with van der Waals surface area (Å²) in [6.45, 7) is 3.53. The molecular weight excluding hydrogens is 252 g/mol. The van der Waals surface area contributed by atoms with Gasteiger partial charge < -0.3 is 15.0 Å². The Kier molecular flexibility index (Phi) is 3.26. The Bertz CT molecular complexity index is 434. The van der Waals surface area contributed by atoms with Gasteiger partial charge in [0.2, 0.25) is 0 Å². The zero-order valence-electron chi connectivity index (χ0n) is 10.4. The largest absolute Gasteiger partial charge is 0.467 e. The van der Waals surface area contributed by atoms with Crippen molar-refractivity contribution >= 4 is 17.4 Å². The number of hydrogen-bond acceptors (Lipinski definition) is 5. The molecule has 1 aromatic heterocycles. The second-order valence-corrected chi connectivity index (χ2v) is 5.35. The van der Waals surface area contributed by atoms with E-state index in [-0.39, 0.29) is 0 Å². The molecule has 5 nitrogen and oxygen atoms in total. The molecule has 0 radical (unpaired) electrons. The molecule has 1 unspecified atom stereocenters. The van der Waals surface area contributed by atoms with Crippen molar-refractivity contribution in [2.45, 2.75) is 18.9 Å². The van der Waals surface area contributed by atoms with Gasteiger partial charge in [-0.2, -0.15) is 4.98 Å². The number of halogens is 1. The summed E-state index contributed by atoms with van der Waals surface area (Å²) in [6, 6.07) is 0.785. The number of piperidine rings is 3. The molecule has 3 aliphatic rings. The standard InChI is InChI=1S/C12H17ClN4O/c1-18-12-14-6-9(13)11(16-12)15-10-7-17-4-2-8(10)3-5-17/h6,8,10H,2-5,7H2,1H3,(H,14,15,16). The summed E-state index contributed by atoms with van der Waals surface area (Å²) in [7, 11) is 1.56. The number of aromatic nitrogens is 2. The molecule has 1 N–H and O–H groups in total. The fraction of sp³-hybridized carbons (Fsp3) is 0.667. The van der Waals surface area contributed by atoms with Gasteiger partial charge >= 0.3 is 6.01 Å². The van der Waals surface area contributed by atoms with Crippen LogP contribution in [0.4, 0.5) is 5.82 Å². The Morgan fingerprint density at radius 1 is 1.44 bits per heavy atom. The van der Waals surface area contributed by atoms with Crippen LogP contribution >= 0.6 is 11.6 Å². The average Bonchev–Trinajstić information content (AvgIpc) is 2.43. The minimum Gasteiger partial charge on any atom is -0.467 e. The topological polar surface area (TPSA) is 50.3 Å². The van der Waals surface area contributed by atoms with Gasteiger partial charge in [-0.05, 0) is 31.8 Å². The lowest BCUT2D eigenvalue weighted by atomic mass is 9.84. The number of hydrogen-bond donors (Lipinski definition) is 1. The van der Waals surface area contributed by atoms with E-state index in [0.29, 0.717) is 22.9 Å². The van der Waals surface area contributed by atoms with E-state index in [1.165, 1.54) is 25.9 Å². The smallest absolute Gasteiger partial charge is 0.318 e. The fourth-order valence-electron chi connectivity index (χ4n) is 2.85. The normalized spacial score (nSPS) is 30.2. The highest BCUT2D eigenvalue weighted by Crippen LogP contribution is 2.31. The maximum Gasteiger partial charge on any atom is 0.318 e. The van der Waals surface area contributed by atoms with Crippen LogP contribution in [0.15, 0.2) is 6.20 Å². The Balaban J connectivity index is 1.76. The molecule has 1 aromatic rings. The second kappa shape index (κ2) is 4.90. The van der Waals surface area contributed by atoms with E-state index in [4.69, 9.17) is 16.3 Å². The molecule has 0 amide bonds. The van der Waals surface area contributed by atoms with Crippen LogP contribution in [0.1, 0.15) is 12.8 Å². The summed E-state index contributed by atoms with van der Waals surface area (Å²) in [6.07, 6.45) is 4.10. The minimum atomic E-state index is 0.350. The molecule has 6 heteroatoms. The summed E-state index contributed by atoms with van der Waals surface area (Å²) in [5.74, 6) is 1.41. The molecule has 2 bridgehead atoms. The number of rotatable bonds is 3. The van der Waals surface area contributed by atoms with E-state index in [1.807, 2.05) is 0 Å². The van der Waals surface area contributed by atoms with Crippen molar-refractivity contribution in [1.82, 2.24) is 14.9 Å². The first-order chi connectivity index (χ1) is 8.76. The Hall–Kier alpha value is -1.07. The van der Waals surface area contributed by atoms with Crippen molar-refractivity contribution in [1.29, 1.82) is 0 Å². The van der Waals surface area contributed by atoms with E-state index >= 15 is 0 Å². The Morgan fingerprint density at radius 2 is 2.22 bits per heavy atom. The quantitative estimate of drug-likeness (QED) is 0.903. The predicted octanol–water partition coefficient (Wildman–Crippen LogP) is 1.64. The lowest BCUT2D eigenvalue weighted by Crippen LogP contribution is -2.53. The number of methoxy groups -OCH3 is 1. The van der Waals surface area contributed by atoms with Gasteiger partial charge in [-0.15, -0.1) is 0 Å². The van der Waals surface area contributed by atoms with Gasteiger partial charge in [-0.1, -0.05) is 11.6 Å². The van der Waals surface area contributed by atoms with E-state index in [2.05, 4.69) is 20.2 Å². The third kappa shape index (κ3) is 2.24. The third-order valence-corrected chi connectivity index (χ3v) is 4.16. The third-order valence-electron chi connectivity index (χ3n) is 3.88. The summed E-state index contributed by atoms with van der Waals surface area (Å²) in [5.41, 5.74) is 0. The van der Waals surface area contributed by atoms with Crippen molar-refractivity contribution < 1.29 is 4.74 Å². The molecule has 98 valence electrons. The van der Waals surface area contributed by atoms with Gasteiger partial charge in [0.1, 0.15) is 5.02 Å². The molecule has 18 heavy (non-hydrogen) atoms. The number of ether oxygens (including phenoxy) is 1. The highest BCUT2D eigenvalue weighted by molar-refractivity contribution is 6.32. The van der Waals surface area contributed by atoms with Gasteiger partial charge in [0.25, 0.3) is 0 Å². The highest BCUT2D eigenvalue weighted by atomic mass is 35.5. The summed E-state index contributed by atoms with van der Waals surface area (Å²) < 4.78 is 5.03.